The number of nitrogens with one attached hydrogen (secondary N) is 2. The fourth-order valence-corrected chi connectivity index (χ4v) is 4.78. The Labute approximate surface area is 178 Å². The van der Waals surface area contributed by atoms with Crippen LogP contribution in [0, 0.1) is 5.92 Å². The molecule has 0 aromatic heterocycles. The average molecular weight is 400 g/mol. The van der Waals surface area contributed by atoms with Gasteiger partial charge in [-0.3, -0.25) is 4.99 Å². The molecule has 162 valence electrons. The number of benzene rings is 1. The van der Waals surface area contributed by atoms with Gasteiger partial charge in [0.05, 0.1) is 0 Å². The van der Waals surface area contributed by atoms with Crippen LogP contribution in [0.5, 0.6) is 0 Å². The molecule has 2 aliphatic rings. The van der Waals surface area contributed by atoms with E-state index in [1.54, 1.807) is 0 Å². The fraction of sp³-hybridized carbons (Fsp3) is 0.708. The van der Waals surface area contributed by atoms with Crippen molar-refractivity contribution in [3.63, 3.8) is 0 Å². The first-order valence-electron chi connectivity index (χ1n) is 11.5. The Balaban J connectivity index is 1.45. The van der Waals surface area contributed by atoms with Crippen molar-refractivity contribution < 1.29 is 0 Å². The molecule has 2 fully saturated rings. The van der Waals surface area contributed by atoms with Gasteiger partial charge in [0.2, 0.25) is 0 Å². The molecule has 0 amide bonds. The first kappa shape index (κ1) is 22.1. The summed E-state index contributed by atoms with van der Waals surface area (Å²) in [5.74, 6) is 1.82. The third-order valence-corrected chi connectivity index (χ3v) is 6.36. The summed E-state index contributed by atoms with van der Waals surface area (Å²) >= 11 is 0. The lowest BCUT2D eigenvalue weighted by Crippen LogP contribution is -2.52. The van der Waals surface area contributed by atoms with Crippen LogP contribution >= 0.6 is 0 Å². The van der Waals surface area contributed by atoms with Gasteiger partial charge in [0, 0.05) is 44.8 Å². The molecule has 0 spiro atoms. The van der Waals surface area contributed by atoms with Crippen LogP contribution < -0.4 is 10.6 Å². The van der Waals surface area contributed by atoms with E-state index < -0.39 is 0 Å². The van der Waals surface area contributed by atoms with Crippen LogP contribution in [0.2, 0.25) is 0 Å². The van der Waals surface area contributed by atoms with Crippen LogP contribution in [0.15, 0.2) is 35.3 Å². The normalized spacial score (nSPS) is 22.7. The maximum absolute atomic E-state index is 4.58. The Bertz CT molecular complexity index is 636. The second-order valence-electron chi connectivity index (χ2n) is 9.52. The number of hydrogen-bond acceptors (Lipinski definition) is 3. The Kier molecular flexibility index (Phi) is 7.96. The molecule has 2 heterocycles. The maximum atomic E-state index is 4.58. The Morgan fingerprint density at radius 1 is 1.14 bits per heavy atom. The third-order valence-electron chi connectivity index (χ3n) is 6.36. The summed E-state index contributed by atoms with van der Waals surface area (Å²) in [6.07, 6.45) is 5.45. The summed E-state index contributed by atoms with van der Waals surface area (Å²) in [7, 11) is 1.91. The van der Waals surface area contributed by atoms with Crippen LogP contribution in [0.25, 0.3) is 0 Å². The van der Waals surface area contributed by atoms with Crippen molar-refractivity contribution in [2.45, 2.75) is 58.0 Å². The SMILES string of the molecule is CN=C(NCC(C)(C)NC(C)c1ccccc1)N1CCC(CN2CCCCC2)C1. The first-order valence-corrected chi connectivity index (χ1v) is 11.5. The Hall–Kier alpha value is -1.59. The molecule has 0 bridgehead atoms. The van der Waals surface area contributed by atoms with Gasteiger partial charge in [-0.15, -0.1) is 0 Å². The molecule has 0 aliphatic carbocycles. The van der Waals surface area contributed by atoms with Crippen LogP contribution in [0.1, 0.15) is 58.1 Å². The van der Waals surface area contributed by atoms with E-state index in [1.807, 2.05) is 7.05 Å². The van der Waals surface area contributed by atoms with Crippen molar-refractivity contribution >= 4 is 5.96 Å². The summed E-state index contributed by atoms with van der Waals surface area (Å²) in [5, 5.41) is 7.40. The van der Waals surface area contributed by atoms with Gasteiger partial charge in [0.1, 0.15) is 0 Å². The quantitative estimate of drug-likeness (QED) is 0.544. The van der Waals surface area contributed by atoms with Crippen molar-refractivity contribution in [1.82, 2.24) is 20.4 Å². The minimum absolute atomic E-state index is 0.0296. The molecular formula is C24H41N5. The topological polar surface area (TPSA) is 42.9 Å². The van der Waals surface area contributed by atoms with Crippen molar-refractivity contribution in [1.29, 1.82) is 0 Å². The van der Waals surface area contributed by atoms with E-state index >= 15 is 0 Å². The van der Waals surface area contributed by atoms with Gasteiger partial charge < -0.3 is 20.4 Å². The molecule has 2 unspecified atom stereocenters. The Morgan fingerprint density at radius 3 is 2.55 bits per heavy atom. The smallest absolute Gasteiger partial charge is 0.193 e. The van der Waals surface area contributed by atoms with Crippen LogP contribution in [0.4, 0.5) is 0 Å². The highest BCUT2D eigenvalue weighted by atomic mass is 15.3. The average Bonchev–Trinajstić information content (AvgIpc) is 3.17. The third kappa shape index (κ3) is 6.71. The van der Waals surface area contributed by atoms with Crippen molar-refractivity contribution in [2.24, 2.45) is 10.9 Å². The standard InChI is InChI=1S/C24H41N5/c1-20(22-11-7-5-8-12-22)27-24(2,3)19-26-23(25-4)29-16-13-21(18-29)17-28-14-9-6-10-15-28/h5,7-8,11-12,20-21,27H,6,9-10,13-19H2,1-4H3,(H,25,26). The van der Waals surface area contributed by atoms with Gasteiger partial charge in [0.25, 0.3) is 0 Å². The molecule has 2 N–H and O–H groups in total. The van der Waals surface area contributed by atoms with Gasteiger partial charge in [-0.1, -0.05) is 36.8 Å². The number of likely N-dealkylation sites (tertiary alicyclic amines) is 2. The van der Waals surface area contributed by atoms with E-state index in [9.17, 15) is 0 Å². The monoisotopic (exact) mass is 399 g/mol. The minimum Gasteiger partial charge on any atom is -0.354 e. The largest absolute Gasteiger partial charge is 0.354 e. The summed E-state index contributed by atoms with van der Waals surface area (Å²) < 4.78 is 0. The molecule has 2 saturated heterocycles. The second kappa shape index (κ2) is 10.4. The fourth-order valence-electron chi connectivity index (χ4n) is 4.78. The number of aliphatic imine (C=N–C) groups is 1. The predicted molar refractivity (Wildman–Crippen MR) is 123 cm³/mol. The highest BCUT2D eigenvalue weighted by Crippen LogP contribution is 2.20. The van der Waals surface area contributed by atoms with E-state index in [0.717, 1.165) is 31.5 Å². The predicted octanol–water partition coefficient (Wildman–Crippen LogP) is 3.50. The number of hydrogen-bond donors (Lipinski definition) is 2. The van der Waals surface area contributed by atoms with Gasteiger partial charge >= 0.3 is 0 Å². The number of piperidine rings is 1. The molecule has 29 heavy (non-hydrogen) atoms. The summed E-state index contributed by atoms with van der Waals surface area (Å²) in [6.45, 7) is 13.7. The molecule has 0 radical (unpaired) electrons. The molecular weight excluding hydrogens is 358 g/mol. The van der Waals surface area contributed by atoms with E-state index in [2.05, 4.69) is 76.5 Å². The molecule has 0 saturated carbocycles. The lowest BCUT2D eigenvalue weighted by Gasteiger charge is -2.33. The molecule has 5 nitrogen and oxygen atoms in total. The van der Waals surface area contributed by atoms with Crippen LogP contribution in [-0.4, -0.2) is 67.6 Å². The summed E-state index contributed by atoms with van der Waals surface area (Å²) in [4.78, 5) is 9.70. The van der Waals surface area contributed by atoms with E-state index in [4.69, 9.17) is 0 Å². The van der Waals surface area contributed by atoms with Crippen molar-refractivity contribution in [3.8, 4) is 0 Å². The van der Waals surface area contributed by atoms with E-state index in [0.29, 0.717) is 6.04 Å². The molecule has 5 heteroatoms. The van der Waals surface area contributed by atoms with Gasteiger partial charge in [-0.25, -0.2) is 0 Å². The van der Waals surface area contributed by atoms with Gasteiger partial charge in [-0.2, -0.15) is 0 Å². The maximum Gasteiger partial charge on any atom is 0.193 e. The highest BCUT2D eigenvalue weighted by molar-refractivity contribution is 5.80. The van der Waals surface area contributed by atoms with Gasteiger partial charge in [0.15, 0.2) is 5.96 Å². The zero-order valence-electron chi connectivity index (χ0n) is 19.0. The van der Waals surface area contributed by atoms with E-state index in [1.165, 1.54) is 50.9 Å². The van der Waals surface area contributed by atoms with Crippen LogP contribution in [-0.2, 0) is 0 Å². The summed E-state index contributed by atoms with van der Waals surface area (Å²) in [6, 6.07) is 11.0. The number of nitrogens with zero attached hydrogens (tertiary/aromatic N) is 3. The highest BCUT2D eigenvalue weighted by Gasteiger charge is 2.28. The molecule has 3 rings (SSSR count). The number of guanidine groups is 1. The van der Waals surface area contributed by atoms with Crippen LogP contribution in [0.3, 0.4) is 0 Å². The molecule has 2 atom stereocenters. The van der Waals surface area contributed by atoms with E-state index in [-0.39, 0.29) is 5.54 Å². The zero-order valence-corrected chi connectivity index (χ0v) is 19.0. The van der Waals surface area contributed by atoms with Crippen molar-refractivity contribution in [3.05, 3.63) is 35.9 Å². The molecule has 2 aliphatic heterocycles. The lowest BCUT2D eigenvalue weighted by atomic mass is 10.0. The lowest BCUT2D eigenvalue weighted by molar-refractivity contribution is 0.198. The Morgan fingerprint density at radius 2 is 1.86 bits per heavy atom. The van der Waals surface area contributed by atoms with Crippen molar-refractivity contribution in [2.75, 3.05) is 46.3 Å². The van der Waals surface area contributed by atoms with Gasteiger partial charge in [-0.05, 0) is 64.6 Å². The molecule has 1 aromatic rings. The number of rotatable bonds is 7. The first-order chi connectivity index (χ1) is 14.0. The summed E-state index contributed by atoms with van der Waals surface area (Å²) in [5.41, 5.74) is 1.29. The minimum atomic E-state index is -0.0296. The molecule has 1 aromatic carbocycles. The zero-order chi connectivity index (χ0) is 20.7. The second-order valence-corrected chi connectivity index (χ2v) is 9.52.